The molecule has 0 aliphatic carbocycles. The van der Waals surface area contributed by atoms with Crippen LogP contribution < -0.4 is 5.73 Å². The Bertz CT molecular complexity index is 1350. The lowest BCUT2D eigenvalue weighted by Crippen LogP contribution is -2.50. The van der Waals surface area contributed by atoms with Crippen LogP contribution in [0.25, 0.3) is 22.2 Å². The van der Waals surface area contributed by atoms with Crippen LogP contribution in [0.1, 0.15) is 17.4 Å². The Labute approximate surface area is 200 Å². The summed E-state index contributed by atoms with van der Waals surface area (Å²) in [4.78, 5) is 17.3. The Morgan fingerprint density at radius 2 is 2.03 bits per heavy atom. The summed E-state index contributed by atoms with van der Waals surface area (Å²) in [6.07, 6.45) is 0.184. The molecular weight excluding hydrogens is 486 g/mol. The summed E-state index contributed by atoms with van der Waals surface area (Å²) in [6.45, 7) is 1.83. The number of carbonyl (C=O) groups excluding carboxylic acids is 1. The predicted octanol–water partition coefficient (Wildman–Crippen LogP) is 2.94. The van der Waals surface area contributed by atoms with Crippen molar-refractivity contribution >= 4 is 50.4 Å². The van der Waals surface area contributed by atoms with Crippen LogP contribution in [0.2, 0.25) is 5.02 Å². The molecule has 0 bridgehead atoms. The number of guanidine groups is 1. The number of esters is 1. The van der Waals surface area contributed by atoms with Crippen LogP contribution in [0.4, 0.5) is 0 Å². The van der Waals surface area contributed by atoms with Gasteiger partial charge in [0.1, 0.15) is 5.54 Å². The molecule has 12 heteroatoms. The van der Waals surface area contributed by atoms with Crippen LogP contribution in [-0.2, 0) is 31.2 Å². The lowest BCUT2D eigenvalue weighted by molar-refractivity contribution is -0.139. The van der Waals surface area contributed by atoms with Gasteiger partial charge < -0.3 is 14.9 Å². The Balaban J connectivity index is 1.62. The summed E-state index contributed by atoms with van der Waals surface area (Å²) in [5.74, 6) is 4.45. The maximum absolute atomic E-state index is 12.9. The zero-order chi connectivity index (χ0) is 24.0. The van der Waals surface area contributed by atoms with E-state index in [1.54, 1.807) is 37.4 Å². The van der Waals surface area contributed by atoms with Crippen molar-refractivity contribution in [3.63, 3.8) is 0 Å². The number of ether oxygens (including phenoxy) is 1. The van der Waals surface area contributed by atoms with E-state index in [0.29, 0.717) is 32.1 Å². The highest BCUT2D eigenvalue weighted by Gasteiger charge is 2.40. The van der Waals surface area contributed by atoms with Crippen LogP contribution in [0.15, 0.2) is 39.7 Å². The predicted molar refractivity (Wildman–Crippen MR) is 131 cm³/mol. The van der Waals surface area contributed by atoms with Crippen molar-refractivity contribution in [3.8, 4) is 22.2 Å². The molecule has 0 fully saturated rings. The third-order valence-electron chi connectivity index (χ3n) is 5.28. The second-order valence-corrected chi connectivity index (χ2v) is 11.6. The number of halogens is 1. The molecule has 174 valence electrons. The lowest BCUT2D eigenvalue weighted by Gasteiger charge is -2.36. The highest BCUT2D eigenvalue weighted by molar-refractivity contribution is 7.98. The SMILES string of the molecule is C=S1(=O)C[C@@](C)(c2sc(-c3nnc(-c4ccc(CC(=O)OC)cc4)o3)cc2Cl)N=C(N)N1C. The molecule has 0 spiro atoms. The molecular formula is C21H22ClN5O4S2. The highest BCUT2D eigenvalue weighted by Crippen LogP contribution is 2.44. The number of hydrogen-bond donors (Lipinski definition) is 1. The van der Waals surface area contributed by atoms with Crippen molar-refractivity contribution < 1.29 is 18.2 Å². The van der Waals surface area contributed by atoms with E-state index in [-0.39, 0.29) is 24.1 Å². The third-order valence-corrected chi connectivity index (χ3v) is 9.26. The second-order valence-electron chi connectivity index (χ2n) is 7.81. The molecule has 1 aromatic carbocycles. The molecule has 3 aromatic rings. The standard InChI is InChI=1S/C21H22ClN5O4S2/c1-21(11-33(4,29)27(2)20(23)24-21)17-14(22)10-15(32-17)19-26-25-18(31-19)13-7-5-12(6-8-13)9-16(28)30-3/h5-8,10H,4,9,11H2,1-3H3,(H2,23,24)/t21-,33?/m0/s1. The first-order valence-corrected chi connectivity index (χ1v) is 12.8. The summed E-state index contributed by atoms with van der Waals surface area (Å²) >= 11 is 7.86. The first kappa shape index (κ1) is 23.3. The van der Waals surface area contributed by atoms with Crippen molar-refractivity contribution in [3.05, 3.63) is 45.8 Å². The van der Waals surface area contributed by atoms with E-state index < -0.39 is 15.2 Å². The summed E-state index contributed by atoms with van der Waals surface area (Å²) < 4.78 is 24.9. The Morgan fingerprint density at radius 1 is 1.36 bits per heavy atom. The Morgan fingerprint density at radius 3 is 2.67 bits per heavy atom. The van der Waals surface area contributed by atoms with E-state index >= 15 is 0 Å². The average Bonchev–Trinajstić information content (AvgIpc) is 3.39. The number of thiophene rings is 1. The van der Waals surface area contributed by atoms with Gasteiger partial charge in [0.05, 0.1) is 43.8 Å². The number of aromatic nitrogens is 2. The van der Waals surface area contributed by atoms with Crippen LogP contribution in [0, 0.1) is 0 Å². The van der Waals surface area contributed by atoms with Gasteiger partial charge in [-0.25, -0.2) is 9.20 Å². The van der Waals surface area contributed by atoms with Gasteiger partial charge in [-0.1, -0.05) is 23.7 Å². The molecule has 1 unspecified atom stereocenters. The molecule has 0 saturated heterocycles. The quantitative estimate of drug-likeness (QED) is 0.416. The van der Waals surface area contributed by atoms with Crippen molar-refractivity contribution in [2.24, 2.45) is 10.7 Å². The molecule has 1 aliphatic rings. The molecule has 2 N–H and O–H groups in total. The van der Waals surface area contributed by atoms with E-state index in [1.807, 2.05) is 6.92 Å². The number of rotatable bonds is 5. The maximum Gasteiger partial charge on any atom is 0.309 e. The minimum Gasteiger partial charge on any atom is -0.469 e. The fourth-order valence-electron chi connectivity index (χ4n) is 3.46. The zero-order valence-electron chi connectivity index (χ0n) is 18.2. The van der Waals surface area contributed by atoms with Crippen LogP contribution in [-0.4, -0.2) is 56.4 Å². The first-order valence-electron chi connectivity index (χ1n) is 9.76. The van der Waals surface area contributed by atoms with E-state index in [4.69, 9.17) is 21.8 Å². The van der Waals surface area contributed by atoms with E-state index in [1.165, 1.54) is 22.8 Å². The molecule has 0 amide bonds. The van der Waals surface area contributed by atoms with E-state index in [0.717, 1.165) is 5.56 Å². The Kier molecular flexibility index (Phi) is 5.97. The molecule has 0 radical (unpaired) electrons. The van der Waals surface area contributed by atoms with Crippen molar-refractivity contribution in [1.82, 2.24) is 14.5 Å². The highest BCUT2D eigenvalue weighted by atomic mass is 35.5. The van der Waals surface area contributed by atoms with Crippen molar-refractivity contribution in [1.29, 1.82) is 0 Å². The topological polar surface area (TPSA) is 124 Å². The van der Waals surface area contributed by atoms with Gasteiger partial charge in [-0.3, -0.25) is 9.10 Å². The van der Waals surface area contributed by atoms with Crippen LogP contribution in [0.5, 0.6) is 0 Å². The Hall–Kier alpha value is -2.89. The number of carbonyl (C=O) groups is 1. The fraction of sp³-hybridized carbons (Fsp3) is 0.286. The van der Waals surface area contributed by atoms with Gasteiger partial charge in [0.2, 0.25) is 11.9 Å². The third kappa shape index (κ3) is 4.48. The fourth-order valence-corrected chi connectivity index (χ4v) is 6.77. The number of aliphatic imine (C=N–C) groups is 1. The maximum atomic E-state index is 12.9. The van der Waals surface area contributed by atoms with Crippen molar-refractivity contribution in [2.45, 2.75) is 18.9 Å². The lowest BCUT2D eigenvalue weighted by atomic mass is 10.0. The average molecular weight is 508 g/mol. The molecule has 9 nitrogen and oxygen atoms in total. The minimum absolute atomic E-state index is 0.144. The second kappa shape index (κ2) is 8.47. The van der Waals surface area contributed by atoms with Crippen molar-refractivity contribution in [2.75, 3.05) is 19.9 Å². The minimum atomic E-state index is -2.64. The summed E-state index contributed by atoms with van der Waals surface area (Å²) in [6, 6.07) is 8.92. The smallest absolute Gasteiger partial charge is 0.309 e. The molecule has 0 saturated carbocycles. The molecule has 3 heterocycles. The molecule has 2 aromatic heterocycles. The molecule has 2 atom stereocenters. The van der Waals surface area contributed by atoms with Gasteiger partial charge in [0.25, 0.3) is 5.89 Å². The van der Waals surface area contributed by atoms with Gasteiger partial charge in [-0.15, -0.1) is 21.5 Å². The first-order chi connectivity index (χ1) is 15.5. The summed E-state index contributed by atoms with van der Waals surface area (Å²) in [5.41, 5.74) is 6.63. The largest absolute Gasteiger partial charge is 0.469 e. The molecule has 1 aliphatic heterocycles. The van der Waals surface area contributed by atoms with Crippen LogP contribution >= 0.6 is 22.9 Å². The van der Waals surface area contributed by atoms with Gasteiger partial charge in [0, 0.05) is 12.6 Å². The number of nitrogens with zero attached hydrogens (tertiary/aromatic N) is 4. The normalized spacial score (nSPS) is 22.8. The summed E-state index contributed by atoms with van der Waals surface area (Å²) in [5, 5.41) is 8.72. The van der Waals surface area contributed by atoms with Gasteiger partial charge in [-0.2, -0.15) is 0 Å². The van der Waals surface area contributed by atoms with Crippen LogP contribution in [0.3, 0.4) is 0 Å². The van der Waals surface area contributed by atoms with Gasteiger partial charge in [-0.05, 0) is 36.6 Å². The summed E-state index contributed by atoms with van der Waals surface area (Å²) in [7, 11) is 0.322. The van der Waals surface area contributed by atoms with Gasteiger partial charge >= 0.3 is 5.97 Å². The van der Waals surface area contributed by atoms with Gasteiger partial charge in [0.15, 0.2) is 0 Å². The number of hydrogen-bond acceptors (Lipinski definition) is 9. The molecule has 4 rings (SSSR count). The number of nitrogens with two attached hydrogens (primary N) is 1. The number of methoxy groups -OCH3 is 1. The van der Waals surface area contributed by atoms with E-state index in [9.17, 15) is 9.00 Å². The monoisotopic (exact) mass is 507 g/mol. The van der Waals surface area contributed by atoms with E-state index in [2.05, 4.69) is 25.8 Å². The molecule has 33 heavy (non-hydrogen) atoms. The number of benzene rings is 1. The zero-order valence-corrected chi connectivity index (χ0v) is 20.6.